The molecule has 0 aliphatic heterocycles. The predicted molar refractivity (Wildman–Crippen MR) is 140 cm³/mol. The molecule has 4 rings (SSSR count). The Balaban J connectivity index is 1.58. The molecule has 198 valence electrons. The van der Waals surface area contributed by atoms with Gasteiger partial charge in [0, 0.05) is 25.1 Å². The topological polar surface area (TPSA) is 91.4 Å². The maximum absolute atomic E-state index is 15.0. The van der Waals surface area contributed by atoms with Gasteiger partial charge in [0.1, 0.15) is 23.5 Å². The first-order valence-electron chi connectivity index (χ1n) is 12.8. The average molecular weight is 521 g/mol. The Morgan fingerprint density at radius 3 is 2.32 bits per heavy atom. The minimum absolute atomic E-state index is 0.0307. The highest BCUT2D eigenvalue weighted by molar-refractivity contribution is 6.01. The molecule has 1 atom stereocenters. The number of halogens is 2. The molecular formula is C29H30F2N4O3. The van der Waals surface area contributed by atoms with Crippen LogP contribution < -0.4 is 15.5 Å². The quantitative estimate of drug-likeness (QED) is 0.380. The van der Waals surface area contributed by atoms with Crippen molar-refractivity contribution in [2.24, 2.45) is 0 Å². The molecule has 38 heavy (non-hydrogen) atoms. The lowest BCUT2D eigenvalue weighted by molar-refractivity contribution is -0.127. The van der Waals surface area contributed by atoms with Gasteiger partial charge in [-0.05, 0) is 61.2 Å². The number of amides is 3. The molecule has 9 heteroatoms. The van der Waals surface area contributed by atoms with Crippen LogP contribution in [0.1, 0.15) is 56.6 Å². The van der Waals surface area contributed by atoms with Crippen LogP contribution in [0.4, 0.5) is 20.3 Å². The van der Waals surface area contributed by atoms with Gasteiger partial charge in [0.15, 0.2) is 0 Å². The van der Waals surface area contributed by atoms with E-state index in [1.807, 2.05) is 0 Å². The summed E-state index contributed by atoms with van der Waals surface area (Å²) in [7, 11) is 0. The second kappa shape index (κ2) is 12.9. The summed E-state index contributed by atoms with van der Waals surface area (Å²) in [6, 6.07) is 14.8. The normalized spacial score (nSPS) is 14.1. The molecule has 0 saturated heterocycles. The maximum Gasteiger partial charge on any atom is 0.248 e. The zero-order valence-corrected chi connectivity index (χ0v) is 20.9. The second-order valence-corrected chi connectivity index (χ2v) is 9.28. The van der Waals surface area contributed by atoms with E-state index in [-0.39, 0.29) is 36.9 Å². The molecule has 0 radical (unpaired) electrons. The van der Waals surface area contributed by atoms with E-state index in [0.29, 0.717) is 11.4 Å². The molecule has 2 aromatic carbocycles. The molecule has 1 fully saturated rings. The van der Waals surface area contributed by atoms with Crippen molar-refractivity contribution in [2.75, 3.05) is 10.2 Å². The predicted octanol–water partition coefficient (Wildman–Crippen LogP) is 5.30. The fraction of sp³-hybridized carbons (Fsp3) is 0.310. The van der Waals surface area contributed by atoms with Crippen LogP contribution in [0.5, 0.6) is 0 Å². The number of para-hydroxylation sites is 1. The van der Waals surface area contributed by atoms with Crippen LogP contribution in [0, 0.1) is 11.6 Å². The van der Waals surface area contributed by atoms with Gasteiger partial charge in [0.2, 0.25) is 17.7 Å². The number of hydrogen-bond donors (Lipinski definition) is 2. The smallest absolute Gasteiger partial charge is 0.248 e. The van der Waals surface area contributed by atoms with Crippen molar-refractivity contribution in [3.05, 3.63) is 90.1 Å². The van der Waals surface area contributed by atoms with E-state index in [4.69, 9.17) is 0 Å². The van der Waals surface area contributed by atoms with E-state index in [1.54, 1.807) is 30.5 Å². The first-order chi connectivity index (χ1) is 18.4. The molecule has 3 amide bonds. The second-order valence-electron chi connectivity index (χ2n) is 9.28. The molecule has 1 aliphatic carbocycles. The van der Waals surface area contributed by atoms with Gasteiger partial charge < -0.3 is 10.6 Å². The lowest BCUT2D eigenvalue weighted by atomic mass is 10.0. The number of rotatable bonds is 10. The minimum atomic E-state index is -1.22. The van der Waals surface area contributed by atoms with Crippen molar-refractivity contribution in [1.29, 1.82) is 0 Å². The van der Waals surface area contributed by atoms with E-state index >= 15 is 4.39 Å². The highest BCUT2D eigenvalue weighted by atomic mass is 19.1. The number of aromatic nitrogens is 1. The molecule has 0 bridgehead atoms. The fourth-order valence-electron chi connectivity index (χ4n) is 4.64. The Labute approximate surface area is 220 Å². The SMILES string of the molecule is O=C(CCCC(=O)N(c1ccccc1F)[C@H](C(=O)NC1CCCC1)c1ccc(F)cc1)Nc1ccccn1. The molecule has 1 aliphatic rings. The van der Waals surface area contributed by atoms with Gasteiger partial charge >= 0.3 is 0 Å². The minimum Gasteiger partial charge on any atom is -0.351 e. The molecule has 0 unspecified atom stereocenters. The summed E-state index contributed by atoms with van der Waals surface area (Å²) in [5.41, 5.74) is 0.290. The summed E-state index contributed by atoms with van der Waals surface area (Å²) < 4.78 is 28.8. The number of carbonyl (C=O) groups is 3. The highest BCUT2D eigenvalue weighted by Crippen LogP contribution is 2.32. The van der Waals surface area contributed by atoms with Crippen molar-refractivity contribution >= 4 is 29.2 Å². The van der Waals surface area contributed by atoms with Crippen LogP contribution in [0.15, 0.2) is 72.9 Å². The molecular weight excluding hydrogens is 490 g/mol. The number of pyridine rings is 1. The molecule has 7 nitrogen and oxygen atoms in total. The summed E-state index contributed by atoms with van der Waals surface area (Å²) in [5.74, 6) is -2.08. The number of nitrogens with one attached hydrogen (secondary N) is 2. The van der Waals surface area contributed by atoms with E-state index in [9.17, 15) is 18.8 Å². The largest absolute Gasteiger partial charge is 0.351 e. The Morgan fingerprint density at radius 1 is 0.921 bits per heavy atom. The number of benzene rings is 2. The van der Waals surface area contributed by atoms with Gasteiger partial charge in [0.25, 0.3) is 0 Å². The van der Waals surface area contributed by atoms with Crippen molar-refractivity contribution < 1.29 is 23.2 Å². The lowest BCUT2D eigenvalue weighted by Crippen LogP contribution is -2.46. The van der Waals surface area contributed by atoms with Crippen molar-refractivity contribution in [2.45, 2.75) is 57.0 Å². The molecule has 0 spiro atoms. The molecule has 1 aromatic heterocycles. The van der Waals surface area contributed by atoms with E-state index in [1.165, 1.54) is 42.5 Å². The molecule has 3 aromatic rings. The van der Waals surface area contributed by atoms with Crippen LogP contribution in [0.3, 0.4) is 0 Å². The third-order valence-corrected chi connectivity index (χ3v) is 6.50. The molecule has 1 heterocycles. The van der Waals surface area contributed by atoms with Crippen LogP contribution in [-0.2, 0) is 14.4 Å². The van der Waals surface area contributed by atoms with Crippen molar-refractivity contribution in [1.82, 2.24) is 10.3 Å². The standard InChI is InChI=1S/C29H30F2N4O3/c30-21-17-15-20(16-18-21)28(29(38)33-22-8-1-2-9-22)35(24-11-4-3-10-23(24)31)27(37)14-7-13-26(36)34-25-12-5-6-19-32-25/h3-6,10-12,15-19,22,28H,1-2,7-9,13-14H2,(H,33,38)(H,32,34,36)/t28-/m0/s1. The van der Waals surface area contributed by atoms with Crippen LogP contribution in [-0.4, -0.2) is 28.7 Å². The zero-order chi connectivity index (χ0) is 26.9. The van der Waals surface area contributed by atoms with Gasteiger partial charge in [-0.1, -0.05) is 43.2 Å². The summed E-state index contributed by atoms with van der Waals surface area (Å²) in [6.07, 6.45) is 5.26. The van der Waals surface area contributed by atoms with Crippen LogP contribution in [0.2, 0.25) is 0 Å². The van der Waals surface area contributed by atoms with Crippen LogP contribution in [0.25, 0.3) is 0 Å². The van der Waals surface area contributed by atoms with Gasteiger partial charge in [-0.25, -0.2) is 13.8 Å². The Kier molecular flexibility index (Phi) is 9.13. The first kappa shape index (κ1) is 26.9. The Bertz CT molecular complexity index is 1250. The number of nitrogens with zero attached hydrogens (tertiary/aromatic N) is 2. The third kappa shape index (κ3) is 7.00. The fourth-order valence-corrected chi connectivity index (χ4v) is 4.64. The maximum atomic E-state index is 15.0. The van der Waals surface area contributed by atoms with E-state index in [0.717, 1.165) is 30.6 Å². The monoisotopic (exact) mass is 520 g/mol. The number of anilines is 2. The highest BCUT2D eigenvalue weighted by Gasteiger charge is 2.35. The van der Waals surface area contributed by atoms with Gasteiger partial charge in [-0.15, -0.1) is 0 Å². The van der Waals surface area contributed by atoms with E-state index in [2.05, 4.69) is 15.6 Å². The third-order valence-electron chi connectivity index (χ3n) is 6.50. The van der Waals surface area contributed by atoms with E-state index < -0.39 is 29.5 Å². The molecule has 2 N–H and O–H groups in total. The first-order valence-corrected chi connectivity index (χ1v) is 12.8. The van der Waals surface area contributed by atoms with Crippen LogP contribution >= 0.6 is 0 Å². The van der Waals surface area contributed by atoms with Crippen molar-refractivity contribution in [3.8, 4) is 0 Å². The summed E-state index contributed by atoms with van der Waals surface area (Å²) in [5, 5.41) is 5.66. The van der Waals surface area contributed by atoms with Gasteiger partial charge in [-0.2, -0.15) is 0 Å². The Hall–Kier alpha value is -4.14. The lowest BCUT2D eigenvalue weighted by Gasteiger charge is -2.32. The summed E-state index contributed by atoms with van der Waals surface area (Å²) >= 11 is 0. The summed E-state index contributed by atoms with van der Waals surface area (Å²) in [4.78, 5) is 44.7. The Morgan fingerprint density at radius 2 is 1.63 bits per heavy atom. The average Bonchev–Trinajstić information content (AvgIpc) is 3.42. The van der Waals surface area contributed by atoms with Gasteiger partial charge in [0.05, 0.1) is 5.69 Å². The zero-order valence-electron chi connectivity index (χ0n) is 20.9. The summed E-state index contributed by atoms with van der Waals surface area (Å²) in [6.45, 7) is 0. The number of hydrogen-bond acceptors (Lipinski definition) is 4. The van der Waals surface area contributed by atoms with Crippen molar-refractivity contribution in [3.63, 3.8) is 0 Å². The van der Waals surface area contributed by atoms with Gasteiger partial charge in [-0.3, -0.25) is 19.3 Å². The molecule has 1 saturated carbocycles. The number of carbonyl (C=O) groups excluding carboxylic acids is 3.